The summed E-state index contributed by atoms with van der Waals surface area (Å²) < 4.78 is 0. The van der Waals surface area contributed by atoms with E-state index in [4.69, 9.17) is 5.73 Å². The Morgan fingerprint density at radius 3 is 2.55 bits per heavy atom. The number of hydrogen-bond acceptors (Lipinski definition) is 7. The third-order valence-electron chi connectivity index (χ3n) is 5.26. The van der Waals surface area contributed by atoms with Crippen LogP contribution in [-0.4, -0.2) is 39.7 Å². The molecule has 8 heteroatoms. The predicted molar refractivity (Wildman–Crippen MR) is 120 cm³/mol. The van der Waals surface area contributed by atoms with Gasteiger partial charge in [0.2, 0.25) is 0 Å². The zero-order valence-electron chi connectivity index (χ0n) is 17.3. The molecule has 158 valence electrons. The number of rotatable bonds is 5. The number of hydrogen-bond donors (Lipinski definition) is 2. The Bertz CT molecular complexity index is 1120. The lowest BCUT2D eigenvalue weighted by atomic mass is 10.1. The molecule has 4 heterocycles. The van der Waals surface area contributed by atoms with E-state index in [1.54, 1.807) is 42.7 Å². The van der Waals surface area contributed by atoms with E-state index in [2.05, 4.69) is 25.2 Å². The summed E-state index contributed by atoms with van der Waals surface area (Å²) in [6.45, 7) is 3.34. The molecule has 8 nitrogen and oxygen atoms in total. The zero-order chi connectivity index (χ0) is 21.8. The summed E-state index contributed by atoms with van der Waals surface area (Å²) in [7, 11) is 0. The topological polar surface area (TPSA) is 114 Å². The van der Waals surface area contributed by atoms with Crippen molar-refractivity contribution in [2.45, 2.75) is 26.2 Å². The number of nitrogen functional groups attached to an aromatic ring is 1. The largest absolute Gasteiger partial charge is 0.397 e. The van der Waals surface area contributed by atoms with Gasteiger partial charge in [0.15, 0.2) is 11.5 Å². The highest BCUT2D eigenvalue weighted by Crippen LogP contribution is 2.28. The highest BCUT2D eigenvalue weighted by Gasteiger charge is 2.19. The van der Waals surface area contributed by atoms with E-state index in [0.717, 1.165) is 31.6 Å². The minimum absolute atomic E-state index is 0.0981. The van der Waals surface area contributed by atoms with Crippen LogP contribution in [0.1, 0.15) is 47.2 Å². The molecule has 4 rings (SSSR count). The normalized spacial score (nSPS) is 13.6. The van der Waals surface area contributed by atoms with Crippen LogP contribution in [0, 0.1) is 0 Å². The second-order valence-electron chi connectivity index (χ2n) is 7.49. The van der Waals surface area contributed by atoms with Gasteiger partial charge in [0, 0.05) is 26.2 Å². The van der Waals surface area contributed by atoms with Gasteiger partial charge in [-0.15, -0.1) is 0 Å². The predicted octanol–water partition coefficient (Wildman–Crippen LogP) is 3.57. The average molecular weight is 416 g/mol. The van der Waals surface area contributed by atoms with Crippen molar-refractivity contribution >= 4 is 28.8 Å². The van der Waals surface area contributed by atoms with Crippen LogP contribution in [0.15, 0.2) is 48.8 Å². The smallest absolute Gasteiger partial charge is 0.276 e. The molecule has 1 amide bonds. The minimum atomic E-state index is -0.423. The Balaban J connectivity index is 1.62. The highest BCUT2D eigenvalue weighted by atomic mass is 16.2. The van der Waals surface area contributed by atoms with E-state index in [1.165, 1.54) is 13.3 Å². The number of anilines is 3. The first-order chi connectivity index (χ1) is 15.0. The van der Waals surface area contributed by atoms with Crippen molar-refractivity contribution in [2.24, 2.45) is 0 Å². The molecule has 0 aliphatic carbocycles. The molecule has 0 aromatic carbocycles. The highest BCUT2D eigenvalue weighted by molar-refractivity contribution is 6.07. The van der Waals surface area contributed by atoms with Crippen LogP contribution in [0.4, 0.5) is 17.1 Å². The maximum absolute atomic E-state index is 13.1. The number of nitrogens with one attached hydrogen (secondary N) is 1. The SMILES string of the molecule is CC(=O)c1cccc(-c2ccc(N)c(C(=O)Nc3cnccc3N3CCCCC3)n2)n1. The van der Waals surface area contributed by atoms with Gasteiger partial charge in [-0.2, -0.15) is 0 Å². The number of carbonyl (C=O) groups excluding carboxylic acids is 2. The second kappa shape index (κ2) is 8.91. The number of nitrogens with two attached hydrogens (primary N) is 1. The number of Topliss-reactive ketones (excluding diaryl/α,β-unsaturated/α-hetero) is 1. The molecule has 3 aromatic rings. The number of ketones is 1. The first-order valence-electron chi connectivity index (χ1n) is 10.3. The molecule has 0 unspecified atom stereocenters. The molecule has 31 heavy (non-hydrogen) atoms. The Morgan fingerprint density at radius 1 is 1.00 bits per heavy atom. The van der Waals surface area contributed by atoms with Gasteiger partial charge in [0.25, 0.3) is 5.91 Å². The van der Waals surface area contributed by atoms with Gasteiger partial charge in [-0.1, -0.05) is 6.07 Å². The van der Waals surface area contributed by atoms with E-state index in [0.29, 0.717) is 22.8 Å². The van der Waals surface area contributed by atoms with E-state index in [1.807, 2.05) is 6.07 Å². The third kappa shape index (κ3) is 4.53. The lowest BCUT2D eigenvalue weighted by Gasteiger charge is -2.30. The van der Waals surface area contributed by atoms with Crippen molar-refractivity contribution < 1.29 is 9.59 Å². The summed E-state index contributed by atoms with van der Waals surface area (Å²) in [5.41, 5.74) is 9.27. The van der Waals surface area contributed by atoms with E-state index >= 15 is 0 Å². The lowest BCUT2D eigenvalue weighted by Crippen LogP contribution is -2.30. The lowest BCUT2D eigenvalue weighted by molar-refractivity contribution is 0.100. The van der Waals surface area contributed by atoms with Gasteiger partial charge in [-0.25, -0.2) is 9.97 Å². The summed E-state index contributed by atoms with van der Waals surface area (Å²) in [6.07, 6.45) is 6.83. The van der Waals surface area contributed by atoms with Crippen LogP contribution in [0.25, 0.3) is 11.4 Å². The quantitative estimate of drug-likeness (QED) is 0.611. The molecule has 1 aliphatic rings. The van der Waals surface area contributed by atoms with E-state index in [-0.39, 0.29) is 17.2 Å². The average Bonchev–Trinajstić information content (AvgIpc) is 2.80. The zero-order valence-corrected chi connectivity index (χ0v) is 17.3. The first kappa shape index (κ1) is 20.5. The van der Waals surface area contributed by atoms with Crippen molar-refractivity contribution in [3.05, 3.63) is 60.2 Å². The molecule has 3 aromatic heterocycles. The maximum atomic E-state index is 13.1. The molecule has 3 N–H and O–H groups in total. The van der Waals surface area contributed by atoms with E-state index < -0.39 is 5.91 Å². The number of carbonyl (C=O) groups is 2. The molecule has 1 aliphatic heterocycles. The Morgan fingerprint density at radius 2 is 1.77 bits per heavy atom. The molecule has 0 radical (unpaired) electrons. The number of amides is 1. The van der Waals surface area contributed by atoms with Gasteiger partial charge in [-0.3, -0.25) is 14.6 Å². The Labute approximate surface area is 180 Å². The van der Waals surface area contributed by atoms with E-state index in [9.17, 15) is 9.59 Å². The minimum Gasteiger partial charge on any atom is -0.397 e. The second-order valence-corrected chi connectivity index (χ2v) is 7.49. The molecule has 1 saturated heterocycles. The van der Waals surface area contributed by atoms with Gasteiger partial charge in [0.1, 0.15) is 5.69 Å². The summed E-state index contributed by atoms with van der Waals surface area (Å²) >= 11 is 0. The monoisotopic (exact) mass is 416 g/mol. The van der Waals surface area contributed by atoms with Crippen molar-refractivity contribution in [1.29, 1.82) is 0 Å². The first-order valence-corrected chi connectivity index (χ1v) is 10.3. The molecule has 1 fully saturated rings. The van der Waals surface area contributed by atoms with Crippen molar-refractivity contribution in [3.8, 4) is 11.4 Å². The summed E-state index contributed by atoms with van der Waals surface area (Å²) in [6, 6.07) is 10.3. The summed E-state index contributed by atoms with van der Waals surface area (Å²) in [4.78, 5) is 39.9. The summed E-state index contributed by atoms with van der Waals surface area (Å²) in [5.74, 6) is -0.564. The van der Waals surface area contributed by atoms with Gasteiger partial charge in [0.05, 0.1) is 34.6 Å². The van der Waals surface area contributed by atoms with Crippen LogP contribution >= 0.6 is 0 Å². The standard InChI is InChI=1S/C23H24N6O2/c1-15(30)17-6-5-7-18(26-17)19-9-8-16(24)22(27-19)23(31)28-20-14-25-11-10-21(20)29-12-3-2-4-13-29/h5-11,14H,2-4,12-13,24H2,1H3,(H,28,31). The van der Waals surface area contributed by atoms with Crippen LogP contribution < -0.4 is 16.0 Å². The van der Waals surface area contributed by atoms with Gasteiger partial charge in [-0.05, 0) is 49.6 Å². The Hall–Kier alpha value is -3.81. The van der Waals surface area contributed by atoms with Gasteiger partial charge >= 0.3 is 0 Å². The van der Waals surface area contributed by atoms with Crippen molar-refractivity contribution in [3.63, 3.8) is 0 Å². The fraction of sp³-hybridized carbons (Fsp3) is 0.261. The number of aromatic nitrogens is 3. The fourth-order valence-corrected chi connectivity index (χ4v) is 3.64. The van der Waals surface area contributed by atoms with Crippen LogP contribution in [-0.2, 0) is 0 Å². The molecular weight excluding hydrogens is 392 g/mol. The van der Waals surface area contributed by atoms with Crippen molar-refractivity contribution in [2.75, 3.05) is 29.0 Å². The number of nitrogens with zero attached hydrogens (tertiary/aromatic N) is 4. The van der Waals surface area contributed by atoms with Crippen molar-refractivity contribution in [1.82, 2.24) is 15.0 Å². The summed E-state index contributed by atoms with van der Waals surface area (Å²) in [5, 5.41) is 2.91. The molecule has 0 saturated carbocycles. The van der Waals surface area contributed by atoms with Crippen LogP contribution in [0.3, 0.4) is 0 Å². The number of pyridine rings is 3. The Kier molecular flexibility index (Phi) is 5.88. The number of piperidine rings is 1. The molecule has 0 atom stereocenters. The molecule has 0 bridgehead atoms. The fourth-order valence-electron chi connectivity index (χ4n) is 3.64. The van der Waals surface area contributed by atoms with Crippen LogP contribution in [0.5, 0.6) is 0 Å². The molecule has 0 spiro atoms. The molecular formula is C23H24N6O2. The van der Waals surface area contributed by atoms with Crippen LogP contribution in [0.2, 0.25) is 0 Å². The maximum Gasteiger partial charge on any atom is 0.276 e. The third-order valence-corrected chi connectivity index (χ3v) is 5.26. The van der Waals surface area contributed by atoms with Gasteiger partial charge < -0.3 is 16.0 Å².